The van der Waals surface area contributed by atoms with Gasteiger partial charge in [-0.1, -0.05) is 105 Å². The molecule has 9 amide bonds. The Balaban J connectivity index is 0.00000137. The summed E-state index contributed by atoms with van der Waals surface area (Å²) >= 11 is 5.96. The van der Waals surface area contributed by atoms with Gasteiger partial charge in [0.1, 0.15) is 29.9 Å². The summed E-state index contributed by atoms with van der Waals surface area (Å²) in [5.41, 5.74) is 20.0. The average molecular weight is 1120 g/mol. The highest BCUT2D eigenvalue weighted by atomic mass is 35.5. The van der Waals surface area contributed by atoms with Gasteiger partial charge in [0.2, 0.25) is 53.2 Å². The molecule has 0 aliphatic rings. The van der Waals surface area contributed by atoms with Gasteiger partial charge in [0.25, 0.3) is 0 Å². The molecule has 0 aliphatic carbocycles. The maximum atomic E-state index is 13.7. The monoisotopic (exact) mass is 1120 g/mol. The lowest BCUT2D eigenvalue weighted by Crippen LogP contribution is -2.56. The van der Waals surface area contributed by atoms with Crippen LogP contribution in [0.5, 0.6) is 5.75 Å². The van der Waals surface area contributed by atoms with Crippen LogP contribution in [0, 0.1) is 6.92 Å². The van der Waals surface area contributed by atoms with Crippen molar-refractivity contribution in [3.8, 4) is 5.75 Å². The van der Waals surface area contributed by atoms with Crippen molar-refractivity contribution in [3.05, 3.63) is 136 Å². The number of amides is 9. The molecule has 24 heteroatoms. The van der Waals surface area contributed by atoms with Crippen molar-refractivity contribution in [3.63, 3.8) is 0 Å². The second-order valence-electron chi connectivity index (χ2n) is 17.0. The molecule has 0 aromatic heterocycles. The Morgan fingerprint density at radius 1 is 0.597 bits per heavy atom. The average Bonchev–Trinajstić information content (AvgIpc) is 3.40. The van der Waals surface area contributed by atoms with E-state index in [-0.39, 0.29) is 55.6 Å². The Bertz CT molecular complexity index is 2500. The van der Waals surface area contributed by atoms with Crippen LogP contribution in [-0.2, 0) is 57.6 Å². The van der Waals surface area contributed by atoms with Gasteiger partial charge in [-0.05, 0) is 105 Å². The molecule has 4 atom stereocenters. The van der Waals surface area contributed by atoms with E-state index in [4.69, 9.17) is 33.9 Å². The Morgan fingerprint density at radius 2 is 1.12 bits per heavy atom. The number of hydrogen-bond acceptors (Lipinski definition) is 14. The first-order valence-corrected chi connectivity index (χ1v) is 27.6. The van der Waals surface area contributed by atoms with Crippen LogP contribution < -0.4 is 54.4 Å². The first-order valence-electron chi connectivity index (χ1n) is 24.5. The highest BCUT2D eigenvalue weighted by Gasteiger charge is 2.29. The number of nitrogens with one attached hydrogen (secondary N) is 7. The minimum atomic E-state index is -1.23. The van der Waals surface area contributed by atoms with E-state index in [0.717, 1.165) is 16.7 Å². The van der Waals surface area contributed by atoms with Gasteiger partial charge in [-0.3, -0.25) is 43.2 Å². The van der Waals surface area contributed by atoms with Crippen molar-refractivity contribution in [2.45, 2.75) is 83.0 Å². The number of halogens is 1. The third-order valence-corrected chi connectivity index (χ3v) is 12.8. The Labute approximate surface area is 461 Å². The Kier molecular flexibility index (Phi) is 32.1. The fraction of sp³-hybridized carbons (Fsp3) is 0.377. The van der Waals surface area contributed by atoms with Crippen LogP contribution in [0.25, 0.3) is 0 Å². The van der Waals surface area contributed by atoms with Crippen molar-refractivity contribution < 1.29 is 53.4 Å². The van der Waals surface area contributed by atoms with Gasteiger partial charge in [-0.2, -0.15) is 0 Å². The molecule has 0 saturated heterocycles. The van der Waals surface area contributed by atoms with E-state index in [1.165, 1.54) is 33.7 Å². The van der Waals surface area contributed by atoms with Crippen LogP contribution in [0.3, 0.4) is 0 Å². The van der Waals surface area contributed by atoms with Gasteiger partial charge in [-0.25, -0.2) is 0 Å². The zero-order chi connectivity index (χ0) is 57.1. The largest absolute Gasteiger partial charge is 0.508 e. The third kappa shape index (κ3) is 28.5. The van der Waals surface area contributed by atoms with E-state index in [1.807, 2.05) is 25.3 Å². The minimum Gasteiger partial charge on any atom is -0.508 e. The summed E-state index contributed by atoms with van der Waals surface area (Å²) in [5, 5.41) is 35.7. The number of aryl methyl sites for hydroxylation is 2. The summed E-state index contributed by atoms with van der Waals surface area (Å²) in [7, 11) is 2.73. The van der Waals surface area contributed by atoms with Crippen LogP contribution in [0.15, 0.2) is 103 Å². The summed E-state index contributed by atoms with van der Waals surface area (Å²) in [6.07, 6.45) is 3.53. The molecule has 0 radical (unpaired) electrons. The number of hydrogen-bond donors (Lipinski definition) is 12. The van der Waals surface area contributed by atoms with Crippen molar-refractivity contribution in [1.29, 1.82) is 0 Å². The van der Waals surface area contributed by atoms with Gasteiger partial charge in [0.15, 0.2) is 0 Å². The number of nitrogens with two attached hydrogens (primary N) is 3. The molecule has 4 aromatic rings. The molecule has 418 valence electrons. The lowest BCUT2D eigenvalue weighted by molar-refractivity contribution is -0.133. The zero-order valence-electron chi connectivity index (χ0n) is 43.3. The van der Waals surface area contributed by atoms with Gasteiger partial charge in [0.05, 0.1) is 19.6 Å². The number of primary amides is 2. The van der Waals surface area contributed by atoms with Gasteiger partial charge in [-0.15, -0.1) is 0 Å². The molecule has 4 rings (SSSR count). The normalized spacial score (nSPS) is 11.9. The molecular formula is C53H71ClN10O11S2. The van der Waals surface area contributed by atoms with Crippen molar-refractivity contribution in [1.82, 2.24) is 37.2 Å². The number of carbonyl (C=O) groups is 9. The summed E-state index contributed by atoms with van der Waals surface area (Å²) in [6.45, 7) is 2.57. The predicted octanol–water partition coefficient (Wildman–Crippen LogP) is 1.47. The van der Waals surface area contributed by atoms with Crippen LogP contribution in [0.1, 0.15) is 65.2 Å². The molecule has 0 aliphatic heterocycles. The van der Waals surface area contributed by atoms with E-state index in [2.05, 4.69) is 37.2 Å². The fourth-order valence-corrected chi connectivity index (χ4v) is 8.16. The van der Waals surface area contributed by atoms with Gasteiger partial charge in [0, 0.05) is 42.2 Å². The lowest BCUT2D eigenvalue weighted by atomic mass is 10.0. The first-order chi connectivity index (χ1) is 36.8. The molecular weight excluding hydrogens is 1050 g/mol. The molecule has 0 spiro atoms. The SMILES string of the molecule is CCO.CSSCC(NC(=O)CCc1ccc(Cl)cc1)C(=O)N[C@@H](Cc1ccc(O)cc1)C(=O)NCC(=O)NC(CCCCN)C(=O)NCC(=O)NCC(=O)NC(Cc1ccccc1)C(N)=O.Cc1ccc(C(N)=O)cc1. The minimum absolute atomic E-state index is 0.0103. The zero-order valence-corrected chi connectivity index (χ0v) is 45.7. The standard InChI is InChI=1S/C43H56ClN9O9S2.C8H9NO.C2H6O/c1-63-64-26-35(52-36(55)19-14-27-10-15-30(44)16-11-27)43(62)53-34(22-29-12-17-31(54)18-13-29)42(61)49-25-39(58)50-32(9-5-6-20-45)41(60)48-23-37(56)47-24-38(57)51-33(40(46)59)21-28-7-3-2-4-8-28;1-6-2-4-7(5-3-6)8(9)10;1-2-3/h2-4,7-8,10-13,15-18,32-35,54H,5-6,9,14,19-26,45H2,1H3,(H2,46,59)(H,47,56)(H,48,60)(H,49,61)(H,50,58)(H,51,57)(H,52,55)(H,53,62);2-5H,1H3,(H2,9,10);3H,2H2,1H3/t32?,33?,34-,35?;;/m0../s1. The maximum Gasteiger partial charge on any atom is 0.248 e. The quantitative estimate of drug-likeness (QED) is 0.0271. The number of unbranched alkanes of at least 4 members (excludes halogenated alkanes) is 1. The summed E-state index contributed by atoms with van der Waals surface area (Å²) in [4.78, 5) is 114. The van der Waals surface area contributed by atoms with Crippen molar-refractivity contribution in [2.24, 2.45) is 17.2 Å². The van der Waals surface area contributed by atoms with Gasteiger partial charge < -0.3 is 64.6 Å². The maximum absolute atomic E-state index is 13.7. The Hall–Kier alpha value is -7.18. The molecule has 0 saturated carbocycles. The number of phenols is 1. The molecule has 4 aromatic carbocycles. The van der Waals surface area contributed by atoms with E-state index < -0.39 is 85.2 Å². The highest BCUT2D eigenvalue weighted by molar-refractivity contribution is 8.76. The van der Waals surface area contributed by atoms with Crippen LogP contribution >= 0.6 is 33.2 Å². The molecule has 0 heterocycles. The second-order valence-corrected chi connectivity index (χ2v) is 20.1. The van der Waals surface area contributed by atoms with Crippen LogP contribution in [0.2, 0.25) is 5.02 Å². The fourth-order valence-electron chi connectivity index (χ4n) is 6.71. The number of rotatable bonds is 29. The van der Waals surface area contributed by atoms with E-state index in [1.54, 1.807) is 85.8 Å². The molecule has 15 N–H and O–H groups in total. The number of carbonyl (C=O) groups excluding carboxylic acids is 9. The number of phenolic OH excluding ortho intramolecular Hbond substituents is 1. The van der Waals surface area contributed by atoms with E-state index in [9.17, 15) is 48.3 Å². The Morgan fingerprint density at radius 3 is 1.69 bits per heavy atom. The third-order valence-electron chi connectivity index (χ3n) is 10.8. The molecule has 21 nitrogen and oxygen atoms in total. The van der Waals surface area contributed by atoms with Crippen molar-refractivity contribution in [2.75, 3.05) is 44.8 Å². The summed E-state index contributed by atoms with van der Waals surface area (Å²) in [5.74, 6) is -5.58. The summed E-state index contributed by atoms with van der Waals surface area (Å²) < 4.78 is 0. The number of aliphatic hydroxyl groups excluding tert-OH is 1. The summed E-state index contributed by atoms with van der Waals surface area (Å²) in [6, 6.07) is 24.7. The smallest absolute Gasteiger partial charge is 0.248 e. The highest BCUT2D eigenvalue weighted by Crippen LogP contribution is 2.19. The van der Waals surface area contributed by atoms with Crippen molar-refractivity contribution >= 4 is 86.4 Å². The van der Waals surface area contributed by atoms with E-state index >= 15 is 0 Å². The molecule has 77 heavy (non-hydrogen) atoms. The van der Waals surface area contributed by atoms with Crippen LogP contribution in [0.4, 0.5) is 0 Å². The molecule has 0 fully saturated rings. The number of aromatic hydroxyl groups is 1. The first kappa shape index (κ1) is 65.9. The van der Waals surface area contributed by atoms with E-state index in [0.29, 0.717) is 42.0 Å². The lowest BCUT2D eigenvalue weighted by Gasteiger charge is -2.23. The van der Waals surface area contributed by atoms with Crippen LogP contribution in [-0.4, -0.2) is 132 Å². The molecule has 3 unspecified atom stereocenters. The number of benzene rings is 4. The molecule has 0 bridgehead atoms. The van der Waals surface area contributed by atoms with Gasteiger partial charge >= 0.3 is 0 Å². The predicted molar refractivity (Wildman–Crippen MR) is 299 cm³/mol. The second kappa shape index (κ2) is 37.5. The topological polar surface area (TPSA) is 356 Å². The number of aliphatic hydroxyl groups is 1.